The van der Waals surface area contributed by atoms with Crippen LogP contribution in [0.2, 0.25) is 0 Å². The fourth-order valence-corrected chi connectivity index (χ4v) is 5.61. The number of hydrogen-bond acceptors (Lipinski definition) is 1. The van der Waals surface area contributed by atoms with E-state index in [1.807, 2.05) is 0 Å². The third-order valence-electron chi connectivity index (χ3n) is 7.65. The van der Waals surface area contributed by atoms with Gasteiger partial charge in [-0.2, -0.15) is 0 Å². The highest BCUT2D eigenvalue weighted by molar-refractivity contribution is 5.89. The number of fused-ring (bicyclic) bond motifs is 1. The van der Waals surface area contributed by atoms with Crippen LogP contribution < -0.4 is 4.90 Å². The Morgan fingerprint density at radius 1 is 0.268 bits per heavy atom. The van der Waals surface area contributed by atoms with Gasteiger partial charge in [-0.25, -0.2) is 0 Å². The van der Waals surface area contributed by atoms with Gasteiger partial charge in [-0.1, -0.05) is 133 Å². The second-order valence-corrected chi connectivity index (χ2v) is 10.2. The number of rotatable bonds is 6. The normalized spacial score (nSPS) is 10.9. The van der Waals surface area contributed by atoms with Crippen molar-refractivity contribution in [1.82, 2.24) is 0 Å². The maximum absolute atomic E-state index is 2.33. The summed E-state index contributed by atoms with van der Waals surface area (Å²) in [6, 6.07) is 62.8. The lowest BCUT2D eigenvalue weighted by Crippen LogP contribution is -2.09. The Hall–Kier alpha value is -5.40. The Labute approximate surface area is 241 Å². The van der Waals surface area contributed by atoms with Crippen molar-refractivity contribution in [3.05, 3.63) is 176 Å². The number of nitrogens with zero attached hydrogens (tertiary/aromatic N) is 1. The summed E-state index contributed by atoms with van der Waals surface area (Å²) in [4.78, 5) is 2.33. The van der Waals surface area contributed by atoms with Crippen LogP contribution in [-0.2, 0) is 0 Å². The van der Waals surface area contributed by atoms with Gasteiger partial charge in [-0.3, -0.25) is 0 Å². The van der Waals surface area contributed by atoms with E-state index in [9.17, 15) is 0 Å². The molecular weight excluding hydrogens is 494 g/mol. The molecule has 0 atom stereocenters. The van der Waals surface area contributed by atoms with Gasteiger partial charge in [-0.05, 0) is 86.6 Å². The Morgan fingerprint density at radius 3 is 1.49 bits per heavy atom. The Balaban J connectivity index is 1.29. The van der Waals surface area contributed by atoms with Gasteiger partial charge in [-0.15, -0.1) is 0 Å². The first-order valence-electron chi connectivity index (χ1n) is 14.0. The smallest absolute Gasteiger partial charge is 0.0467 e. The molecular formula is C40H29N. The summed E-state index contributed by atoms with van der Waals surface area (Å²) in [5, 5.41) is 2.51. The fourth-order valence-electron chi connectivity index (χ4n) is 5.61. The molecule has 0 N–H and O–H groups in total. The summed E-state index contributed by atoms with van der Waals surface area (Å²) in [5.41, 5.74) is 10.7. The third kappa shape index (κ3) is 5.02. The molecule has 0 aliphatic rings. The molecule has 0 saturated heterocycles. The van der Waals surface area contributed by atoms with Crippen molar-refractivity contribution in [2.45, 2.75) is 0 Å². The molecule has 0 bridgehead atoms. The fraction of sp³-hybridized carbons (Fsp3) is 0. The number of hydrogen-bond donors (Lipinski definition) is 0. The summed E-state index contributed by atoms with van der Waals surface area (Å²) in [5.74, 6) is 0. The summed E-state index contributed by atoms with van der Waals surface area (Å²) >= 11 is 0. The standard InChI is InChI=1S/C40H29N/c1-3-13-31(14-4-1)39-20-9-10-21-40(39)32-24-26-37(27-25-32)41(36-17-5-2-6-18-36)38-19-11-16-34(29-38)35-23-22-30-12-7-8-15-33(30)28-35/h1-29H. The molecule has 0 heterocycles. The first kappa shape index (κ1) is 24.6. The molecule has 7 rings (SSSR count). The van der Waals surface area contributed by atoms with Crippen LogP contribution in [0.5, 0.6) is 0 Å². The van der Waals surface area contributed by atoms with Crippen LogP contribution in [0.15, 0.2) is 176 Å². The SMILES string of the molecule is c1ccc(-c2ccccc2-c2ccc(N(c3ccccc3)c3cccc(-c4ccc5ccccc5c4)c3)cc2)cc1. The summed E-state index contributed by atoms with van der Waals surface area (Å²) in [6.45, 7) is 0. The van der Waals surface area contributed by atoms with Crippen molar-refractivity contribution in [2.75, 3.05) is 4.90 Å². The van der Waals surface area contributed by atoms with Crippen LogP contribution in [0.25, 0.3) is 44.2 Å². The van der Waals surface area contributed by atoms with Crippen LogP contribution >= 0.6 is 0 Å². The molecule has 1 heteroatoms. The highest BCUT2D eigenvalue weighted by Crippen LogP contribution is 2.39. The van der Waals surface area contributed by atoms with Gasteiger partial charge in [0.25, 0.3) is 0 Å². The second-order valence-electron chi connectivity index (χ2n) is 10.2. The topological polar surface area (TPSA) is 3.24 Å². The van der Waals surface area contributed by atoms with Gasteiger partial charge in [0.2, 0.25) is 0 Å². The molecule has 0 aromatic heterocycles. The molecule has 0 unspecified atom stereocenters. The van der Waals surface area contributed by atoms with E-state index >= 15 is 0 Å². The molecule has 0 saturated carbocycles. The lowest BCUT2D eigenvalue weighted by atomic mass is 9.94. The van der Waals surface area contributed by atoms with Crippen molar-refractivity contribution in [3.63, 3.8) is 0 Å². The molecule has 0 aliphatic heterocycles. The van der Waals surface area contributed by atoms with Gasteiger partial charge in [0, 0.05) is 17.1 Å². The van der Waals surface area contributed by atoms with E-state index in [1.165, 1.54) is 44.2 Å². The molecule has 0 aliphatic carbocycles. The van der Waals surface area contributed by atoms with Crippen molar-refractivity contribution in [2.24, 2.45) is 0 Å². The van der Waals surface area contributed by atoms with Crippen LogP contribution in [0.3, 0.4) is 0 Å². The number of benzene rings is 7. The predicted molar refractivity (Wildman–Crippen MR) is 175 cm³/mol. The highest BCUT2D eigenvalue weighted by atomic mass is 15.1. The quantitative estimate of drug-likeness (QED) is 0.209. The molecule has 0 spiro atoms. The predicted octanol–water partition coefficient (Wildman–Crippen LogP) is 11.3. The Kier molecular flexibility index (Phi) is 6.61. The molecule has 7 aromatic carbocycles. The molecule has 194 valence electrons. The van der Waals surface area contributed by atoms with Crippen LogP contribution in [-0.4, -0.2) is 0 Å². The average Bonchev–Trinajstić information content (AvgIpc) is 3.06. The first-order valence-corrected chi connectivity index (χ1v) is 14.0. The molecule has 7 aromatic rings. The lowest BCUT2D eigenvalue weighted by molar-refractivity contribution is 1.28. The molecule has 41 heavy (non-hydrogen) atoms. The van der Waals surface area contributed by atoms with Crippen LogP contribution in [0.4, 0.5) is 17.1 Å². The first-order chi connectivity index (χ1) is 20.3. The summed E-state index contributed by atoms with van der Waals surface area (Å²) < 4.78 is 0. The number of para-hydroxylation sites is 1. The van der Waals surface area contributed by atoms with Crippen LogP contribution in [0.1, 0.15) is 0 Å². The van der Waals surface area contributed by atoms with E-state index in [-0.39, 0.29) is 0 Å². The van der Waals surface area contributed by atoms with Crippen molar-refractivity contribution >= 4 is 27.8 Å². The maximum atomic E-state index is 2.33. The minimum absolute atomic E-state index is 1.12. The zero-order valence-corrected chi connectivity index (χ0v) is 22.7. The van der Waals surface area contributed by atoms with Gasteiger partial charge >= 0.3 is 0 Å². The highest BCUT2D eigenvalue weighted by Gasteiger charge is 2.14. The van der Waals surface area contributed by atoms with Crippen molar-refractivity contribution in [3.8, 4) is 33.4 Å². The summed E-state index contributed by atoms with van der Waals surface area (Å²) in [6.07, 6.45) is 0. The van der Waals surface area contributed by atoms with Gasteiger partial charge in [0.1, 0.15) is 0 Å². The monoisotopic (exact) mass is 523 g/mol. The minimum Gasteiger partial charge on any atom is -0.310 e. The minimum atomic E-state index is 1.12. The molecule has 0 amide bonds. The van der Waals surface area contributed by atoms with Gasteiger partial charge in [0.05, 0.1) is 0 Å². The van der Waals surface area contributed by atoms with E-state index in [1.54, 1.807) is 0 Å². The van der Waals surface area contributed by atoms with Crippen LogP contribution in [0, 0.1) is 0 Å². The van der Waals surface area contributed by atoms with Gasteiger partial charge < -0.3 is 4.90 Å². The zero-order chi connectivity index (χ0) is 27.4. The molecule has 0 fully saturated rings. The van der Waals surface area contributed by atoms with E-state index in [2.05, 4.69) is 181 Å². The average molecular weight is 524 g/mol. The van der Waals surface area contributed by atoms with Crippen molar-refractivity contribution < 1.29 is 0 Å². The second kappa shape index (κ2) is 11.0. The van der Waals surface area contributed by atoms with E-state index in [0.717, 1.165) is 17.1 Å². The Bertz CT molecular complexity index is 1920. The molecule has 0 radical (unpaired) electrons. The zero-order valence-electron chi connectivity index (χ0n) is 22.7. The number of anilines is 3. The Morgan fingerprint density at radius 2 is 0.756 bits per heavy atom. The molecule has 1 nitrogen and oxygen atoms in total. The van der Waals surface area contributed by atoms with Gasteiger partial charge in [0.15, 0.2) is 0 Å². The summed E-state index contributed by atoms with van der Waals surface area (Å²) in [7, 11) is 0. The van der Waals surface area contributed by atoms with E-state index in [4.69, 9.17) is 0 Å². The lowest BCUT2D eigenvalue weighted by Gasteiger charge is -2.26. The van der Waals surface area contributed by atoms with E-state index < -0.39 is 0 Å². The van der Waals surface area contributed by atoms with E-state index in [0.29, 0.717) is 0 Å². The largest absolute Gasteiger partial charge is 0.310 e. The third-order valence-corrected chi connectivity index (χ3v) is 7.65. The maximum Gasteiger partial charge on any atom is 0.0467 e. The van der Waals surface area contributed by atoms with Crippen molar-refractivity contribution in [1.29, 1.82) is 0 Å².